The minimum atomic E-state index is -1.42. The van der Waals surface area contributed by atoms with Crippen LogP contribution in [0.4, 0.5) is 0 Å². The number of hydrogen-bond acceptors (Lipinski definition) is 1. The maximum atomic E-state index is 4.95. The molecule has 0 bridgehead atoms. The normalized spacial score (nSPS) is 13.2. The van der Waals surface area contributed by atoms with Crippen LogP contribution in [-0.4, -0.2) is 53.1 Å². The molecule has 0 aliphatic heterocycles. The molecule has 0 aromatic carbocycles. The summed E-state index contributed by atoms with van der Waals surface area (Å²) in [7, 11) is -2.56. The third kappa shape index (κ3) is 18.2. The fourth-order valence-corrected chi connectivity index (χ4v) is 5.10. The summed E-state index contributed by atoms with van der Waals surface area (Å²) >= 11 is 0. The van der Waals surface area contributed by atoms with Crippen molar-refractivity contribution in [1.82, 2.24) is 4.90 Å². The molecule has 160 valence electrons. The first-order valence-corrected chi connectivity index (χ1v) is 16.5. The van der Waals surface area contributed by atoms with E-state index in [2.05, 4.69) is 93.0 Å². The molecule has 0 heterocycles. The van der Waals surface area contributed by atoms with Crippen molar-refractivity contribution in [3.05, 3.63) is 9.96 Å². The van der Waals surface area contributed by atoms with E-state index in [0.717, 1.165) is 6.54 Å². The molecule has 0 aliphatic rings. The zero-order chi connectivity index (χ0) is 20.5. The Balaban J connectivity index is -0.000000393. The third-order valence-electron chi connectivity index (χ3n) is 4.56. The predicted octanol–water partition coefficient (Wildman–Crippen LogP) is 7.09. The van der Waals surface area contributed by atoms with Gasteiger partial charge in [0.25, 0.3) is 0 Å². The summed E-state index contributed by atoms with van der Waals surface area (Å²) in [4.78, 5) is 12.1. The van der Waals surface area contributed by atoms with Crippen LogP contribution in [0.25, 0.3) is 9.96 Å². The Hall–Kier alpha value is 0.820. The number of rotatable bonds is 8. The van der Waals surface area contributed by atoms with E-state index in [1.165, 1.54) is 26.1 Å². The standard InChI is InChI=1S/C10H25N2Si.C10H24NSi.Co/c1-6-12(7-2)10-8-9-11-13(3,4)5;1-9(2,3)11-12(7,8)10(4,5)6;/h6-10H2,1-5H3;1-8H3;/q2*-1;+3. The van der Waals surface area contributed by atoms with E-state index in [1.54, 1.807) is 0 Å². The van der Waals surface area contributed by atoms with Crippen molar-refractivity contribution in [2.45, 2.75) is 105 Å². The van der Waals surface area contributed by atoms with E-state index in [1.807, 2.05) is 0 Å². The van der Waals surface area contributed by atoms with E-state index in [0.29, 0.717) is 5.04 Å². The van der Waals surface area contributed by atoms with Gasteiger partial charge in [-0.3, -0.25) is 0 Å². The Morgan fingerprint density at radius 2 is 1.23 bits per heavy atom. The van der Waals surface area contributed by atoms with Crippen molar-refractivity contribution >= 4 is 16.5 Å². The van der Waals surface area contributed by atoms with Gasteiger partial charge in [0.1, 0.15) is 0 Å². The Kier molecular flexibility index (Phi) is 15.9. The molecular weight excluding hydrogens is 397 g/mol. The Morgan fingerprint density at radius 3 is 1.46 bits per heavy atom. The SMILES string of the molecule is CC(C)(C)[N-][Si](C)(C)C(C)(C)C.CCN(CC)CCC[N-][Si](C)(C)C.[Co+3]. The van der Waals surface area contributed by atoms with Gasteiger partial charge in [0.05, 0.1) is 0 Å². The van der Waals surface area contributed by atoms with Crippen LogP contribution in [0.2, 0.25) is 37.8 Å². The summed E-state index contributed by atoms with van der Waals surface area (Å²) in [5, 5.41) is 0.375. The first-order valence-electron chi connectivity index (χ1n) is 10.1. The van der Waals surface area contributed by atoms with Crippen LogP contribution in [0, 0.1) is 0 Å². The fraction of sp³-hybridized carbons (Fsp3) is 1.00. The second-order valence-electron chi connectivity index (χ2n) is 10.5. The van der Waals surface area contributed by atoms with Gasteiger partial charge >= 0.3 is 16.8 Å². The van der Waals surface area contributed by atoms with Gasteiger partial charge in [0.15, 0.2) is 0 Å². The maximum absolute atomic E-state index is 4.95. The average molecular weight is 447 g/mol. The van der Waals surface area contributed by atoms with E-state index in [4.69, 9.17) is 9.96 Å². The smallest absolute Gasteiger partial charge is 0.665 e. The molecule has 0 unspecified atom stereocenters. The molecule has 0 saturated carbocycles. The maximum Gasteiger partial charge on any atom is 3.00 e. The van der Waals surface area contributed by atoms with Gasteiger partial charge in [-0.25, -0.2) is 0 Å². The molecule has 0 atom stereocenters. The fourth-order valence-electron chi connectivity index (χ4n) is 2.25. The summed E-state index contributed by atoms with van der Waals surface area (Å²) in [5.74, 6) is 0. The van der Waals surface area contributed by atoms with Crippen LogP contribution in [0.5, 0.6) is 0 Å². The molecule has 0 spiro atoms. The van der Waals surface area contributed by atoms with Crippen molar-refractivity contribution in [3.63, 3.8) is 0 Å². The van der Waals surface area contributed by atoms with Gasteiger partial charge < -0.3 is 14.9 Å². The van der Waals surface area contributed by atoms with Crippen molar-refractivity contribution in [1.29, 1.82) is 0 Å². The van der Waals surface area contributed by atoms with E-state index in [-0.39, 0.29) is 22.3 Å². The zero-order valence-corrected chi connectivity index (χ0v) is 23.3. The van der Waals surface area contributed by atoms with Gasteiger partial charge in [-0.2, -0.15) is 0 Å². The van der Waals surface area contributed by atoms with Crippen molar-refractivity contribution in [2.24, 2.45) is 0 Å². The summed E-state index contributed by atoms with van der Waals surface area (Å²) in [6.07, 6.45) is 1.23. The largest absolute Gasteiger partial charge is 3.00 e. The molecule has 0 fully saturated rings. The van der Waals surface area contributed by atoms with Crippen LogP contribution < -0.4 is 0 Å². The first kappa shape index (κ1) is 31.5. The summed E-state index contributed by atoms with van der Waals surface area (Å²) < 4.78 is 0. The topological polar surface area (TPSA) is 31.4 Å². The second-order valence-corrected chi connectivity index (χ2v) is 20.0. The Morgan fingerprint density at radius 1 is 0.808 bits per heavy atom. The molecule has 0 N–H and O–H groups in total. The minimum absolute atomic E-state index is 0. The van der Waals surface area contributed by atoms with Gasteiger partial charge in [-0.05, 0) is 19.6 Å². The Labute approximate surface area is 179 Å². The van der Waals surface area contributed by atoms with Crippen molar-refractivity contribution < 1.29 is 16.8 Å². The molecule has 0 radical (unpaired) electrons. The van der Waals surface area contributed by atoms with E-state index in [9.17, 15) is 0 Å². The summed E-state index contributed by atoms with van der Waals surface area (Å²) in [5.41, 5.74) is 0.128. The average Bonchev–Trinajstić information content (AvgIpc) is 2.34. The molecule has 0 saturated heterocycles. The van der Waals surface area contributed by atoms with Crippen LogP contribution in [0.15, 0.2) is 0 Å². The van der Waals surface area contributed by atoms with E-state index >= 15 is 0 Å². The number of hydrogen-bond donors (Lipinski definition) is 0. The molecule has 0 aromatic rings. The second kappa shape index (κ2) is 13.1. The summed E-state index contributed by atoms with van der Waals surface area (Å²) in [6, 6.07) is 0. The van der Waals surface area contributed by atoms with E-state index < -0.39 is 16.5 Å². The summed E-state index contributed by atoms with van der Waals surface area (Å²) in [6.45, 7) is 34.1. The molecule has 6 heteroatoms. The van der Waals surface area contributed by atoms with Crippen LogP contribution >= 0.6 is 0 Å². The Bertz CT molecular complexity index is 338. The zero-order valence-electron chi connectivity index (χ0n) is 20.2. The predicted molar refractivity (Wildman–Crippen MR) is 124 cm³/mol. The molecule has 0 aliphatic carbocycles. The first-order chi connectivity index (χ1) is 10.9. The molecular formula is C20H49CoN3Si2+. The van der Waals surface area contributed by atoms with Crippen molar-refractivity contribution in [2.75, 3.05) is 26.2 Å². The van der Waals surface area contributed by atoms with Gasteiger partial charge in [-0.15, -0.1) is 12.1 Å². The quantitative estimate of drug-likeness (QED) is 0.289. The molecule has 0 aromatic heterocycles. The molecule has 0 amide bonds. The van der Waals surface area contributed by atoms with Gasteiger partial charge in [0.2, 0.25) is 0 Å². The van der Waals surface area contributed by atoms with Crippen LogP contribution in [-0.2, 0) is 16.8 Å². The van der Waals surface area contributed by atoms with Gasteiger partial charge in [0, 0.05) is 0 Å². The molecule has 3 nitrogen and oxygen atoms in total. The minimum Gasteiger partial charge on any atom is -0.665 e. The monoisotopic (exact) mass is 446 g/mol. The molecule has 0 rings (SSSR count). The van der Waals surface area contributed by atoms with Crippen molar-refractivity contribution in [3.8, 4) is 0 Å². The number of nitrogens with zero attached hydrogens (tertiary/aromatic N) is 3. The molecule has 26 heavy (non-hydrogen) atoms. The van der Waals surface area contributed by atoms with Crippen LogP contribution in [0.1, 0.15) is 61.8 Å². The van der Waals surface area contributed by atoms with Crippen LogP contribution in [0.3, 0.4) is 0 Å². The third-order valence-corrected chi connectivity index (χ3v) is 10.6. The van der Waals surface area contributed by atoms with Gasteiger partial charge in [-0.1, -0.05) is 116 Å².